The van der Waals surface area contributed by atoms with Crippen LogP contribution in [0.1, 0.15) is 6.42 Å². The summed E-state index contributed by atoms with van der Waals surface area (Å²) in [4.78, 5) is 23.8. The summed E-state index contributed by atoms with van der Waals surface area (Å²) in [5, 5.41) is 0. The summed E-state index contributed by atoms with van der Waals surface area (Å²) in [6.45, 7) is 0.318. The summed E-state index contributed by atoms with van der Waals surface area (Å²) in [5.74, 6) is 0.139. The number of aryl methyl sites for hydroxylation is 1. The van der Waals surface area contributed by atoms with Crippen LogP contribution in [0.4, 0.5) is 0 Å². The zero-order valence-corrected chi connectivity index (χ0v) is 13.9. The van der Waals surface area contributed by atoms with E-state index in [9.17, 15) is 9.59 Å². The van der Waals surface area contributed by atoms with E-state index in [1.165, 1.54) is 11.3 Å². The van der Waals surface area contributed by atoms with Gasteiger partial charge in [0.15, 0.2) is 0 Å². The molecule has 0 fully saturated rings. The zero-order valence-electron chi connectivity index (χ0n) is 11.5. The minimum absolute atomic E-state index is 0.0577. The number of aromatic nitrogens is 1. The normalized spacial score (nSPS) is 10.8. The summed E-state index contributed by atoms with van der Waals surface area (Å²) in [6.07, 6.45) is 0.150. The molecular weight excluding hydrogens is 366 g/mol. The van der Waals surface area contributed by atoms with Crippen molar-refractivity contribution in [2.75, 3.05) is 0 Å². The first-order valence-electron chi connectivity index (χ1n) is 6.68. The number of nitrogens with zero attached hydrogens (tertiary/aromatic N) is 1. The Morgan fingerprint density at radius 2 is 1.86 bits per heavy atom. The lowest BCUT2D eigenvalue weighted by molar-refractivity contribution is -0.134. The Bertz CT molecular complexity index is 867. The van der Waals surface area contributed by atoms with Gasteiger partial charge in [0.05, 0.1) is 16.6 Å². The Kier molecular flexibility index (Phi) is 4.40. The number of hydrogen-bond donors (Lipinski definition) is 0. The van der Waals surface area contributed by atoms with Gasteiger partial charge in [0.1, 0.15) is 5.75 Å². The second-order valence-electron chi connectivity index (χ2n) is 4.67. The van der Waals surface area contributed by atoms with Crippen LogP contribution in [0.5, 0.6) is 5.75 Å². The molecule has 0 radical (unpaired) electrons. The molecule has 112 valence electrons. The van der Waals surface area contributed by atoms with Gasteiger partial charge in [-0.05, 0) is 36.4 Å². The summed E-state index contributed by atoms with van der Waals surface area (Å²) >= 11 is 4.51. The van der Waals surface area contributed by atoms with Crippen LogP contribution in [0, 0.1) is 0 Å². The number of fused-ring (bicyclic) bond motifs is 1. The number of esters is 1. The lowest BCUT2D eigenvalue weighted by Crippen LogP contribution is -2.17. The number of carbonyl (C=O) groups excluding carboxylic acids is 1. The second-order valence-corrected chi connectivity index (χ2v) is 6.57. The standard InChI is InChI=1S/C16H12BrNO3S/c17-11-5-7-12(8-6-11)21-15(19)9-10-18-13-3-1-2-4-14(13)22-16(18)20/h1-8H,9-10H2. The van der Waals surface area contributed by atoms with Crippen LogP contribution in [-0.2, 0) is 11.3 Å². The maximum absolute atomic E-state index is 12.0. The average Bonchev–Trinajstić information content (AvgIpc) is 2.83. The fourth-order valence-electron chi connectivity index (χ4n) is 2.11. The van der Waals surface area contributed by atoms with Gasteiger partial charge in [-0.2, -0.15) is 0 Å². The fraction of sp³-hybridized carbons (Fsp3) is 0.125. The highest BCUT2D eigenvalue weighted by Gasteiger charge is 2.10. The van der Waals surface area contributed by atoms with Gasteiger partial charge in [-0.1, -0.05) is 39.4 Å². The Labute approximate surface area is 139 Å². The van der Waals surface area contributed by atoms with Crippen molar-refractivity contribution in [2.24, 2.45) is 0 Å². The van der Waals surface area contributed by atoms with Crippen molar-refractivity contribution in [1.29, 1.82) is 0 Å². The second kappa shape index (κ2) is 6.46. The van der Waals surface area contributed by atoms with Crippen LogP contribution in [0.15, 0.2) is 57.8 Å². The van der Waals surface area contributed by atoms with E-state index in [0.29, 0.717) is 12.3 Å². The molecule has 0 saturated heterocycles. The van der Waals surface area contributed by atoms with E-state index in [4.69, 9.17) is 4.74 Å². The summed E-state index contributed by atoms with van der Waals surface area (Å²) in [6, 6.07) is 14.6. The third kappa shape index (κ3) is 3.28. The minimum atomic E-state index is -0.357. The van der Waals surface area contributed by atoms with E-state index in [1.54, 1.807) is 28.8 Å². The number of ether oxygens (including phenoxy) is 1. The Morgan fingerprint density at radius 3 is 2.64 bits per heavy atom. The lowest BCUT2D eigenvalue weighted by Gasteiger charge is -2.05. The lowest BCUT2D eigenvalue weighted by atomic mass is 10.3. The monoisotopic (exact) mass is 377 g/mol. The van der Waals surface area contributed by atoms with E-state index < -0.39 is 0 Å². The molecule has 0 aliphatic carbocycles. The Morgan fingerprint density at radius 1 is 1.14 bits per heavy atom. The van der Waals surface area contributed by atoms with Crippen LogP contribution in [0.3, 0.4) is 0 Å². The van der Waals surface area contributed by atoms with Crippen LogP contribution in [0.25, 0.3) is 10.2 Å². The number of rotatable bonds is 4. The number of carbonyl (C=O) groups is 1. The Hall–Kier alpha value is -1.92. The third-order valence-corrected chi connectivity index (χ3v) is 4.65. The maximum atomic E-state index is 12.0. The molecule has 2 aromatic carbocycles. The molecule has 3 rings (SSSR count). The molecule has 0 saturated carbocycles. The fourth-order valence-corrected chi connectivity index (χ4v) is 3.30. The van der Waals surface area contributed by atoms with Crippen molar-refractivity contribution in [2.45, 2.75) is 13.0 Å². The van der Waals surface area contributed by atoms with Gasteiger partial charge >= 0.3 is 10.8 Å². The van der Waals surface area contributed by atoms with Crippen LogP contribution >= 0.6 is 27.3 Å². The van der Waals surface area contributed by atoms with E-state index in [1.807, 2.05) is 24.3 Å². The molecule has 1 aromatic heterocycles. The molecule has 3 aromatic rings. The van der Waals surface area contributed by atoms with Gasteiger partial charge in [-0.3, -0.25) is 14.2 Å². The van der Waals surface area contributed by atoms with Crippen LogP contribution < -0.4 is 9.61 Å². The largest absolute Gasteiger partial charge is 0.426 e. The molecule has 0 bridgehead atoms. The number of benzene rings is 2. The summed E-state index contributed by atoms with van der Waals surface area (Å²) in [7, 11) is 0. The number of hydrogen-bond acceptors (Lipinski definition) is 4. The zero-order chi connectivity index (χ0) is 15.5. The smallest absolute Gasteiger partial charge is 0.312 e. The van der Waals surface area contributed by atoms with Crippen molar-refractivity contribution in [3.8, 4) is 5.75 Å². The number of thiazole rings is 1. The van der Waals surface area contributed by atoms with Crippen LogP contribution in [-0.4, -0.2) is 10.5 Å². The van der Waals surface area contributed by atoms with Crippen molar-refractivity contribution < 1.29 is 9.53 Å². The highest BCUT2D eigenvalue weighted by molar-refractivity contribution is 9.10. The van der Waals surface area contributed by atoms with Crippen molar-refractivity contribution in [1.82, 2.24) is 4.57 Å². The van der Waals surface area contributed by atoms with E-state index >= 15 is 0 Å². The Balaban J connectivity index is 1.68. The predicted molar refractivity (Wildman–Crippen MR) is 90.5 cm³/mol. The SMILES string of the molecule is O=C(CCn1c(=O)sc2ccccc21)Oc1ccc(Br)cc1. The highest BCUT2D eigenvalue weighted by atomic mass is 79.9. The quantitative estimate of drug-likeness (QED) is 0.512. The molecular formula is C16H12BrNO3S. The average molecular weight is 378 g/mol. The van der Waals surface area contributed by atoms with Gasteiger partial charge in [0.2, 0.25) is 0 Å². The molecule has 0 aliphatic rings. The van der Waals surface area contributed by atoms with Gasteiger partial charge in [-0.25, -0.2) is 0 Å². The molecule has 0 spiro atoms. The molecule has 0 aliphatic heterocycles. The van der Waals surface area contributed by atoms with Crippen molar-refractivity contribution in [3.05, 3.63) is 62.7 Å². The molecule has 1 heterocycles. The molecule has 6 heteroatoms. The van der Waals surface area contributed by atoms with Gasteiger partial charge in [-0.15, -0.1) is 0 Å². The van der Waals surface area contributed by atoms with Crippen molar-refractivity contribution >= 4 is 43.5 Å². The van der Waals surface area contributed by atoms with Gasteiger partial charge < -0.3 is 4.74 Å². The predicted octanol–water partition coefficient (Wildman–Crippen LogP) is 3.82. The highest BCUT2D eigenvalue weighted by Crippen LogP contribution is 2.18. The van der Waals surface area contributed by atoms with Gasteiger partial charge in [0, 0.05) is 11.0 Å². The first-order valence-corrected chi connectivity index (χ1v) is 8.29. The molecule has 22 heavy (non-hydrogen) atoms. The molecule has 0 N–H and O–H groups in total. The molecule has 0 amide bonds. The van der Waals surface area contributed by atoms with E-state index in [2.05, 4.69) is 15.9 Å². The topological polar surface area (TPSA) is 48.3 Å². The maximum Gasteiger partial charge on any atom is 0.312 e. The molecule has 0 atom stereocenters. The summed E-state index contributed by atoms with van der Waals surface area (Å²) in [5.41, 5.74) is 0.856. The third-order valence-electron chi connectivity index (χ3n) is 3.16. The first kappa shape index (κ1) is 15.0. The number of halogens is 1. The van der Waals surface area contributed by atoms with E-state index in [-0.39, 0.29) is 17.3 Å². The first-order chi connectivity index (χ1) is 10.6. The summed E-state index contributed by atoms with van der Waals surface area (Å²) < 4.78 is 8.71. The van der Waals surface area contributed by atoms with Gasteiger partial charge in [0.25, 0.3) is 0 Å². The number of para-hydroxylation sites is 1. The molecule has 0 unspecified atom stereocenters. The van der Waals surface area contributed by atoms with Crippen molar-refractivity contribution in [3.63, 3.8) is 0 Å². The van der Waals surface area contributed by atoms with Crippen LogP contribution in [0.2, 0.25) is 0 Å². The van der Waals surface area contributed by atoms with E-state index in [0.717, 1.165) is 14.7 Å². The minimum Gasteiger partial charge on any atom is -0.426 e. The molecule has 4 nitrogen and oxygen atoms in total.